The van der Waals surface area contributed by atoms with Gasteiger partial charge in [-0.05, 0) is 19.2 Å². The molecule has 1 aliphatic heterocycles. The molecule has 19 heavy (non-hydrogen) atoms. The fraction of sp³-hybridized carbons (Fsp3) is 0.357. The number of hydrogen-bond donors (Lipinski definition) is 0. The lowest BCUT2D eigenvalue weighted by atomic mass is 10.0. The molecule has 2 aromatic rings. The summed E-state index contributed by atoms with van der Waals surface area (Å²) < 4.78 is 1.84. The van der Waals surface area contributed by atoms with Gasteiger partial charge in [-0.1, -0.05) is 0 Å². The Morgan fingerprint density at radius 1 is 1.47 bits per heavy atom. The van der Waals surface area contributed by atoms with Crippen LogP contribution in [0.3, 0.4) is 0 Å². The highest BCUT2D eigenvalue weighted by atomic mass is 15.3. The summed E-state index contributed by atoms with van der Waals surface area (Å²) in [4.78, 5) is 6.43. The topological polar surface area (TPSA) is 57.7 Å². The summed E-state index contributed by atoms with van der Waals surface area (Å²) >= 11 is 0. The lowest BCUT2D eigenvalue weighted by Gasteiger charge is -2.23. The van der Waals surface area contributed by atoms with Gasteiger partial charge < -0.3 is 4.90 Å². The number of pyridine rings is 1. The van der Waals surface area contributed by atoms with Crippen LogP contribution >= 0.6 is 0 Å². The zero-order valence-corrected chi connectivity index (χ0v) is 10.9. The molecule has 5 heteroatoms. The van der Waals surface area contributed by atoms with Gasteiger partial charge in [-0.2, -0.15) is 10.4 Å². The molecule has 0 spiro atoms. The third-order valence-electron chi connectivity index (χ3n) is 3.48. The second-order valence-corrected chi connectivity index (χ2v) is 4.82. The quantitative estimate of drug-likeness (QED) is 0.813. The average Bonchev–Trinajstić information content (AvgIpc) is 2.78. The molecule has 0 atom stereocenters. The fourth-order valence-electron chi connectivity index (χ4n) is 2.56. The number of aromatic nitrogens is 3. The summed E-state index contributed by atoms with van der Waals surface area (Å²) in [6.07, 6.45) is 4.53. The van der Waals surface area contributed by atoms with Gasteiger partial charge in [-0.3, -0.25) is 9.67 Å². The standard InChI is InChI=1S/C14H15N5/c1-18-7-4-13-12(10-18)14(17-19(13)8-5-15)11-3-2-6-16-9-11/h2-3,6,9H,4,7-8,10H2,1H3. The van der Waals surface area contributed by atoms with Gasteiger partial charge in [0.1, 0.15) is 6.54 Å². The second-order valence-electron chi connectivity index (χ2n) is 4.82. The maximum Gasteiger partial charge on any atom is 0.128 e. The van der Waals surface area contributed by atoms with Crippen molar-refractivity contribution in [2.45, 2.75) is 19.5 Å². The summed E-state index contributed by atoms with van der Waals surface area (Å²) in [5.41, 5.74) is 4.41. The van der Waals surface area contributed by atoms with Gasteiger partial charge >= 0.3 is 0 Å². The van der Waals surface area contributed by atoms with E-state index in [4.69, 9.17) is 5.26 Å². The van der Waals surface area contributed by atoms with Gasteiger partial charge in [0.25, 0.3) is 0 Å². The molecule has 3 rings (SSSR count). The second kappa shape index (κ2) is 4.82. The van der Waals surface area contributed by atoms with Crippen molar-refractivity contribution < 1.29 is 0 Å². The van der Waals surface area contributed by atoms with E-state index in [-0.39, 0.29) is 0 Å². The highest BCUT2D eigenvalue weighted by Gasteiger charge is 2.23. The van der Waals surface area contributed by atoms with Crippen molar-refractivity contribution in [3.05, 3.63) is 35.8 Å². The van der Waals surface area contributed by atoms with E-state index in [1.807, 2.05) is 23.0 Å². The molecule has 0 saturated heterocycles. The van der Waals surface area contributed by atoms with E-state index < -0.39 is 0 Å². The summed E-state index contributed by atoms with van der Waals surface area (Å²) in [6, 6.07) is 6.11. The van der Waals surface area contributed by atoms with Gasteiger partial charge in [0.05, 0.1) is 11.8 Å². The normalized spacial score (nSPS) is 14.9. The maximum absolute atomic E-state index is 8.92. The van der Waals surface area contributed by atoms with Gasteiger partial charge in [0.2, 0.25) is 0 Å². The Kier molecular flexibility index (Phi) is 3.02. The lowest BCUT2D eigenvalue weighted by Crippen LogP contribution is -2.27. The van der Waals surface area contributed by atoms with Crippen LogP contribution in [0.5, 0.6) is 0 Å². The van der Waals surface area contributed by atoms with Gasteiger partial charge in [0, 0.05) is 48.7 Å². The van der Waals surface area contributed by atoms with Crippen LogP contribution in [0.2, 0.25) is 0 Å². The molecule has 5 nitrogen and oxygen atoms in total. The van der Waals surface area contributed by atoms with Crippen molar-refractivity contribution >= 4 is 0 Å². The molecular weight excluding hydrogens is 238 g/mol. The molecule has 0 saturated carbocycles. The summed E-state index contributed by atoms with van der Waals surface area (Å²) in [5.74, 6) is 0. The molecule has 1 aliphatic rings. The first-order valence-electron chi connectivity index (χ1n) is 6.34. The van der Waals surface area contributed by atoms with E-state index in [0.717, 1.165) is 30.8 Å². The molecule has 0 radical (unpaired) electrons. The van der Waals surface area contributed by atoms with Crippen LogP contribution in [-0.2, 0) is 19.5 Å². The van der Waals surface area contributed by atoms with E-state index in [9.17, 15) is 0 Å². The predicted octanol–water partition coefficient (Wildman–Crippen LogP) is 1.46. The highest BCUT2D eigenvalue weighted by molar-refractivity contribution is 5.63. The van der Waals surface area contributed by atoms with Gasteiger partial charge in [-0.15, -0.1) is 0 Å². The van der Waals surface area contributed by atoms with E-state index in [0.29, 0.717) is 6.54 Å². The molecule has 0 unspecified atom stereocenters. The summed E-state index contributed by atoms with van der Waals surface area (Å²) in [5, 5.41) is 13.5. The van der Waals surface area contributed by atoms with E-state index in [2.05, 4.69) is 28.1 Å². The van der Waals surface area contributed by atoms with E-state index in [1.165, 1.54) is 11.3 Å². The average molecular weight is 253 g/mol. The molecule has 3 heterocycles. The minimum absolute atomic E-state index is 0.312. The van der Waals surface area contributed by atoms with Crippen molar-refractivity contribution in [3.8, 4) is 17.3 Å². The van der Waals surface area contributed by atoms with Crippen LogP contribution in [0.4, 0.5) is 0 Å². The minimum atomic E-state index is 0.312. The van der Waals surface area contributed by atoms with Crippen molar-refractivity contribution in [3.63, 3.8) is 0 Å². The Bertz CT molecular complexity index is 623. The summed E-state index contributed by atoms with van der Waals surface area (Å²) in [7, 11) is 2.11. The summed E-state index contributed by atoms with van der Waals surface area (Å²) in [6.45, 7) is 2.20. The molecule has 0 amide bonds. The third-order valence-corrected chi connectivity index (χ3v) is 3.48. The number of nitriles is 1. The van der Waals surface area contributed by atoms with Crippen LogP contribution in [-0.4, -0.2) is 33.3 Å². The largest absolute Gasteiger partial charge is 0.302 e. The van der Waals surface area contributed by atoms with Crippen LogP contribution in [0.25, 0.3) is 11.3 Å². The fourth-order valence-corrected chi connectivity index (χ4v) is 2.56. The SMILES string of the molecule is CN1CCc2c(c(-c3cccnc3)nn2CC#N)C1. The molecule has 2 aromatic heterocycles. The molecule has 0 fully saturated rings. The molecular formula is C14H15N5. The monoisotopic (exact) mass is 253 g/mol. The van der Waals surface area contributed by atoms with E-state index >= 15 is 0 Å². The Labute approximate surface area is 112 Å². The van der Waals surface area contributed by atoms with Gasteiger partial charge in [0.15, 0.2) is 0 Å². The Morgan fingerprint density at radius 2 is 2.37 bits per heavy atom. The first kappa shape index (κ1) is 11.9. The number of nitrogens with zero attached hydrogens (tertiary/aromatic N) is 5. The van der Waals surface area contributed by atoms with Crippen molar-refractivity contribution in [1.82, 2.24) is 19.7 Å². The zero-order chi connectivity index (χ0) is 13.2. The first-order valence-corrected chi connectivity index (χ1v) is 6.34. The number of likely N-dealkylation sites (N-methyl/N-ethyl adjacent to an activating group) is 1. The van der Waals surface area contributed by atoms with Crippen LogP contribution in [0.15, 0.2) is 24.5 Å². The van der Waals surface area contributed by atoms with E-state index in [1.54, 1.807) is 6.20 Å². The predicted molar refractivity (Wildman–Crippen MR) is 71.1 cm³/mol. The lowest BCUT2D eigenvalue weighted by molar-refractivity contribution is 0.308. The molecule has 0 N–H and O–H groups in total. The number of hydrogen-bond acceptors (Lipinski definition) is 4. The molecule has 0 bridgehead atoms. The van der Waals surface area contributed by atoms with Gasteiger partial charge in [-0.25, -0.2) is 0 Å². The Hall–Kier alpha value is -2.19. The van der Waals surface area contributed by atoms with Crippen LogP contribution in [0.1, 0.15) is 11.3 Å². The first-order chi connectivity index (χ1) is 9.29. The van der Waals surface area contributed by atoms with Crippen molar-refractivity contribution in [2.75, 3.05) is 13.6 Å². The zero-order valence-electron chi connectivity index (χ0n) is 10.9. The molecule has 0 aliphatic carbocycles. The Balaban J connectivity index is 2.12. The molecule has 0 aromatic carbocycles. The van der Waals surface area contributed by atoms with Crippen LogP contribution < -0.4 is 0 Å². The maximum atomic E-state index is 8.92. The minimum Gasteiger partial charge on any atom is -0.302 e. The number of fused-ring (bicyclic) bond motifs is 1. The van der Waals surface area contributed by atoms with Crippen molar-refractivity contribution in [2.24, 2.45) is 0 Å². The third kappa shape index (κ3) is 2.11. The number of rotatable bonds is 2. The highest BCUT2D eigenvalue weighted by Crippen LogP contribution is 2.29. The Morgan fingerprint density at radius 3 is 3.11 bits per heavy atom. The van der Waals surface area contributed by atoms with Crippen molar-refractivity contribution in [1.29, 1.82) is 5.26 Å². The molecule has 96 valence electrons. The van der Waals surface area contributed by atoms with Crippen LogP contribution in [0, 0.1) is 11.3 Å². The smallest absolute Gasteiger partial charge is 0.128 e.